The molecule has 4 rings (SSSR count). The maximum absolute atomic E-state index is 13.0. The summed E-state index contributed by atoms with van der Waals surface area (Å²) in [6, 6.07) is 27.1. The Labute approximate surface area is 203 Å². The fourth-order valence-electron chi connectivity index (χ4n) is 3.13. The third-order valence-corrected chi connectivity index (χ3v) is 6.13. The van der Waals surface area contributed by atoms with E-state index in [0.29, 0.717) is 23.5 Å². The van der Waals surface area contributed by atoms with Crippen molar-refractivity contribution >= 4 is 46.6 Å². The smallest absolute Gasteiger partial charge is 0.237 e. The third-order valence-electron chi connectivity index (χ3n) is 4.90. The van der Waals surface area contributed by atoms with Gasteiger partial charge >= 0.3 is 0 Å². The zero-order valence-electron chi connectivity index (χ0n) is 19.0. The van der Waals surface area contributed by atoms with Gasteiger partial charge in [0.15, 0.2) is 5.16 Å². The highest BCUT2D eigenvalue weighted by Crippen LogP contribution is 2.27. The summed E-state index contributed by atoms with van der Waals surface area (Å²) in [6.07, 6.45) is 0.622. The zero-order chi connectivity index (χ0) is 23.8. The van der Waals surface area contributed by atoms with Gasteiger partial charge in [0.2, 0.25) is 17.8 Å². The number of carbonyl (C=O) groups excluding carboxylic acids is 1. The molecule has 0 aliphatic heterocycles. The number of hydrogen-bond donors (Lipinski definition) is 3. The SMILES string of the molecule is CCC(Sc1nc(Nc2ccccc2)nc(Nc2ccccc2)n1)C(=O)Nc1ccc(C)cc1. The first-order valence-corrected chi connectivity index (χ1v) is 11.9. The lowest BCUT2D eigenvalue weighted by molar-refractivity contribution is -0.115. The van der Waals surface area contributed by atoms with Gasteiger partial charge in [-0.3, -0.25) is 4.79 Å². The first-order valence-electron chi connectivity index (χ1n) is 11.0. The second-order valence-electron chi connectivity index (χ2n) is 7.62. The Morgan fingerprint density at radius 1 is 0.765 bits per heavy atom. The summed E-state index contributed by atoms with van der Waals surface area (Å²) in [5.41, 5.74) is 3.63. The highest BCUT2D eigenvalue weighted by Gasteiger charge is 2.21. The molecule has 4 aromatic rings. The second kappa shape index (κ2) is 11.3. The van der Waals surface area contributed by atoms with Gasteiger partial charge in [0.1, 0.15) is 0 Å². The van der Waals surface area contributed by atoms with Crippen LogP contribution in [0.4, 0.5) is 29.0 Å². The van der Waals surface area contributed by atoms with Crippen LogP contribution in [0.2, 0.25) is 0 Å². The summed E-state index contributed by atoms with van der Waals surface area (Å²) < 4.78 is 0. The van der Waals surface area contributed by atoms with Crippen LogP contribution in [0.25, 0.3) is 0 Å². The molecule has 1 heterocycles. The van der Waals surface area contributed by atoms with Crippen LogP contribution in [0.3, 0.4) is 0 Å². The molecule has 1 atom stereocenters. The van der Waals surface area contributed by atoms with Crippen molar-refractivity contribution in [3.05, 3.63) is 90.5 Å². The molecule has 0 aliphatic carbocycles. The monoisotopic (exact) mass is 470 g/mol. The fraction of sp³-hybridized carbons (Fsp3) is 0.154. The van der Waals surface area contributed by atoms with Gasteiger partial charge in [-0.2, -0.15) is 15.0 Å². The minimum atomic E-state index is -0.363. The number of nitrogens with zero attached hydrogens (tertiary/aromatic N) is 3. The van der Waals surface area contributed by atoms with Gasteiger partial charge in [0.05, 0.1) is 5.25 Å². The van der Waals surface area contributed by atoms with E-state index in [0.717, 1.165) is 22.6 Å². The number of anilines is 5. The van der Waals surface area contributed by atoms with Gasteiger partial charge < -0.3 is 16.0 Å². The molecular weight excluding hydrogens is 444 g/mol. The van der Waals surface area contributed by atoms with Crippen LogP contribution in [0.5, 0.6) is 0 Å². The van der Waals surface area contributed by atoms with E-state index in [-0.39, 0.29) is 11.2 Å². The molecule has 0 aliphatic rings. The van der Waals surface area contributed by atoms with E-state index in [9.17, 15) is 4.79 Å². The lowest BCUT2D eigenvalue weighted by atomic mass is 10.2. The number of amides is 1. The Bertz CT molecular complexity index is 1160. The van der Waals surface area contributed by atoms with Crippen molar-refractivity contribution in [2.24, 2.45) is 0 Å². The molecule has 0 spiro atoms. The van der Waals surface area contributed by atoms with Crippen molar-refractivity contribution in [1.29, 1.82) is 0 Å². The van der Waals surface area contributed by atoms with Crippen molar-refractivity contribution < 1.29 is 4.79 Å². The average Bonchev–Trinajstić information content (AvgIpc) is 2.85. The number of nitrogens with one attached hydrogen (secondary N) is 3. The van der Waals surface area contributed by atoms with E-state index in [4.69, 9.17) is 0 Å². The summed E-state index contributed by atoms with van der Waals surface area (Å²) in [5, 5.41) is 9.52. The predicted octanol–water partition coefficient (Wildman–Crippen LogP) is 6.18. The van der Waals surface area contributed by atoms with Gasteiger partial charge in [-0.25, -0.2) is 0 Å². The van der Waals surface area contributed by atoms with Crippen LogP contribution in [-0.2, 0) is 4.79 Å². The Balaban J connectivity index is 1.56. The molecule has 0 saturated carbocycles. The Morgan fingerprint density at radius 2 is 1.29 bits per heavy atom. The van der Waals surface area contributed by atoms with Gasteiger partial charge in [0.25, 0.3) is 0 Å². The summed E-state index contributed by atoms with van der Waals surface area (Å²) in [4.78, 5) is 26.6. The van der Waals surface area contributed by atoms with Crippen molar-refractivity contribution in [1.82, 2.24) is 15.0 Å². The van der Waals surface area contributed by atoms with Crippen LogP contribution >= 0.6 is 11.8 Å². The molecule has 1 amide bonds. The third kappa shape index (κ3) is 6.55. The number of rotatable bonds is 9. The van der Waals surface area contributed by atoms with Crippen LogP contribution in [-0.4, -0.2) is 26.1 Å². The molecule has 172 valence electrons. The van der Waals surface area contributed by atoms with Gasteiger partial charge in [-0.1, -0.05) is 72.8 Å². The largest absolute Gasteiger partial charge is 0.325 e. The summed E-state index contributed by atoms with van der Waals surface area (Å²) in [5.74, 6) is 0.707. The number of hydrogen-bond acceptors (Lipinski definition) is 7. The van der Waals surface area contributed by atoms with E-state index in [1.165, 1.54) is 11.8 Å². The molecule has 3 N–H and O–H groups in total. The molecular formula is C26H26N6OS. The number of para-hydroxylation sites is 2. The molecule has 34 heavy (non-hydrogen) atoms. The second-order valence-corrected chi connectivity index (χ2v) is 8.79. The van der Waals surface area contributed by atoms with Crippen LogP contribution < -0.4 is 16.0 Å². The maximum Gasteiger partial charge on any atom is 0.237 e. The molecule has 7 nitrogen and oxygen atoms in total. The number of aryl methyl sites for hydroxylation is 1. The first kappa shape index (κ1) is 23.3. The normalized spacial score (nSPS) is 11.5. The van der Waals surface area contributed by atoms with Gasteiger partial charge in [0, 0.05) is 17.1 Å². The lowest BCUT2D eigenvalue weighted by Gasteiger charge is -2.15. The average molecular weight is 471 g/mol. The van der Waals surface area contributed by atoms with E-state index >= 15 is 0 Å². The quantitative estimate of drug-likeness (QED) is 0.252. The van der Waals surface area contributed by atoms with Gasteiger partial charge in [-0.05, 0) is 49.7 Å². The van der Waals surface area contributed by atoms with Crippen molar-refractivity contribution in [3.8, 4) is 0 Å². The molecule has 1 unspecified atom stereocenters. The minimum absolute atomic E-state index is 0.0908. The van der Waals surface area contributed by atoms with E-state index in [1.54, 1.807) is 0 Å². The van der Waals surface area contributed by atoms with Crippen molar-refractivity contribution in [2.45, 2.75) is 30.7 Å². The zero-order valence-corrected chi connectivity index (χ0v) is 19.8. The van der Waals surface area contributed by atoms with E-state index < -0.39 is 0 Å². The van der Waals surface area contributed by atoms with E-state index in [1.807, 2.05) is 98.8 Å². The molecule has 0 bridgehead atoms. The Kier molecular flexibility index (Phi) is 7.72. The van der Waals surface area contributed by atoms with Crippen LogP contribution in [0, 0.1) is 6.92 Å². The molecule has 0 radical (unpaired) electrons. The van der Waals surface area contributed by atoms with Crippen LogP contribution in [0.1, 0.15) is 18.9 Å². The first-order chi connectivity index (χ1) is 16.6. The summed E-state index contributed by atoms with van der Waals surface area (Å²) in [7, 11) is 0. The molecule has 1 aromatic heterocycles. The molecule has 0 fully saturated rings. The molecule has 0 saturated heterocycles. The van der Waals surface area contributed by atoms with Crippen molar-refractivity contribution in [2.75, 3.05) is 16.0 Å². The maximum atomic E-state index is 13.0. The topological polar surface area (TPSA) is 91.8 Å². The Morgan fingerprint density at radius 3 is 1.79 bits per heavy atom. The van der Waals surface area contributed by atoms with E-state index in [2.05, 4.69) is 30.9 Å². The van der Waals surface area contributed by atoms with Crippen molar-refractivity contribution in [3.63, 3.8) is 0 Å². The number of benzene rings is 3. The minimum Gasteiger partial charge on any atom is -0.325 e. The predicted molar refractivity (Wildman–Crippen MR) is 139 cm³/mol. The fourth-order valence-corrected chi connectivity index (χ4v) is 4.00. The molecule has 3 aromatic carbocycles. The number of carbonyl (C=O) groups is 1. The van der Waals surface area contributed by atoms with Gasteiger partial charge in [-0.15, -0.1) is 0 Å². The molecule has 8 heteroatoms. The number of aromatic nitrogens is 3. The Hall–Kier alpha value is -3.91. The standard InChI is InChI=1S/C26H26N6OS/c1-3-22(23(33)27-21-16-14-18(2)15-17-21)34-26-31-24(28-19-10-6-4-7-11-19)30-25(32-26)29-20-12-8-5-9-13-20/h4-17,22H,3H2,1-2H3,(H,27,33)(H2,28,29,30,31,32). The van der Waals surface area contributed by atoms with Crippen LogP contribution in [0.15, 0.2) is 90.1 Å². The lowest BCUT2D eigenvalue weighted by Crippen LogP contribution is -2.25. The highest BCUT2D eigenvalue weighted by molar-refractivity contribution is 8.00. The summed E-state index contributed by atoms with van der Waals surface area (Å²) in [6.45, 7) is 3.99. The summed E-state index contributed by atoms with van der Waals surface area (Å²) >= 11 is 1.31. The number of thioether (sulfide) groups is 1. The highest BCUT2D eigenvalue weighted by atomic mass is 32.2.